The normalized spacial score (nSPS) is 10.3. The lowest BCUT2D eigenvalue weighted by molar-refractivity contribution is -0.144. The molecule has 5 heteroatoms. The molecule has 0 bridgehead atoms. The zero-order valence-corrected chi connectivity index (χ0v) is 12.1. The van der Waals surface area contributed by atoms with E-state index in [0.29, 0.717) is 21.3 Å². The molecule has 0 aromatic heterocycles. The first-order valence-corrected chi connectivity index (χ1v) is 6.75. The molecule has 0 amide bonds. The van der Waals surface area contributed by atoms with Gasteiger partial charge in [-0.05, 0) is 29.8 Å². The molecule has 0 aliphatic heterocycles. The molecule has 20 heavy (non-hydrogen) atoms. The van der Waals surface area contributed by atoms with Crippen molar-refractivity contribution in [2.75, 3.05) is 5.73 Å². The molecule has 0 aliphatic rings. The summed E-state index contributed by atoms with van der Waals surface area (Å²) >= 11 is 11.9. The predicted octanol–water partition coefficient (Wildman–Crippen LogP) is 3.86. The highest BCUT2D eigenvalue weighted by molar-refractivity contribution is 6.33. The molecular weight excluding hydrogens is 297 g/mol. The highest BCUT2D eigenvalue weighted by atomic mass is 35.5. The SMILES string of the molecule is Nc1ccccc1CC(=O)OCc1cc(Cl)ccc1Cl. The molecule has 0 aliphatic carbocycles. The Hall–Kier alpha value is -1.71. The van der Waals surface area contributed by atoms with E-state index in [0.717, 1.165) is 5.56 Å². The summed E-state index contributed by atoms with van der Waals surface area (Å²) in [4.78, 5) is 11.8. The first-order valence-electron chi connectivity index (χ1n) is 5.99. The number of carbonyl (C=O) groups excluding carboxylic acids is 1. The number of carbonyl (C=O) groups is 1. The zero-order chi connectivity index (χ0) is 14.5. The molecule has 3 nitrogen and oxygen atoms in total. The van der Waals surface area contributed by atoms with Crippen LogP contribution in [-0.2, 0) is 22.6 Å². The van der Waals surface area contributed by atoms with Crippen LogP contribution in [0.4, 0.5) is 5.69 Å². The Morgan fingerprint density at radius 2 is 1.85 bits per heavy atom. The average molecular weight is 310 g/mol. The summed E-state index contributed by atoms with van der Waals surface area (Å²) in [7, 11) is 0. The van der Waals surface area contributed by atoms with Gasteiger partial charge in [0.05, 0.1) is 6.42 Å². The molecule has 0 saturated heterocycles. The van der Waals surface area contributed by atoms with Crippen LogP contribution in [0, 0.1) is 0 Å². The van der Waals surface area contributed by atoms with Crippen molar-refractivity contribution in [2.24, 2.45) is 0 Å². The van der Waals surface area contributed by atoms with Gasteiger partial charge < -0.3 is 10.5 Å². The molecular formula is C15H13Cl2NO2. The number of rotatable bonds is 4. The molecule has 104 valence electrons. The zero-order valence-electron chi connectivity index (χ0n) is 10.6. The van der Waals surface area contributed by atoms with E-state index in [1.54, 1.807) is 30.3 Å². The summed E-state index contributed by atoms with van der Waals surface area (Å²) < 4.78 is 5.19. The Bertz CT molecular complexity index is 629. The topological polar surface area (TPSA) is 52.3 Å². The number of nitrogens with two attached hydrogens (primary N) is 1. The number of halogens is 2. The third kappa shape index (κ3) is 3.89. The minimum Gasteiger partial charge on any atom is -0.460 e. The van der Waals surface area contributed by atoms with Gasteiger partial charge >= 0.3 is 5.97 Å². The van der Waals surface area contributed by atoms with Gasteiger partial charge in [0.2, 0.25) is 0 Å². The summed E-state index contributed by atoms with van der Waals surface area (Å²) in [5.74, 6) is -0.362. The van der Waals surface area contributed by atoms with Gasteiger partial charge in [0.1, 0.15) is 6.61 Å². The van der Waals surface area contributed by atoms with Crippen molar-refractivity contribution in [1.82, 2.24) is 0 Å². The number of hydrogen-bond donors (Lipinski definition) is 1. The maximum absolute atomic E-state index is 11.8. The molecule has 0 saturated carbocycles. The monoisotopic (exact) mass is 309 g/mol. The van der Waals surface area contributed by atoms with Crippen molar-refractivity contribution in [2.45, 2.75) is 13.0 Å². The Morgan fingerprint density at radius 3 is 2.60 bits per heavy atom. The van der Waals surface area contributed by atoms with Crippen molar-refractivity contribution >= 4 is 34.9 Å². The van der Waals surface area contributed by atoms with Crippen molar-refractivity contribution < 1.29 is 9.53 Å². The number of hydrogen-bond acceptors (Lipinski definition) is 3. The van der Waals surface area contributed by atoms with Crippen LogP contribution in [0.5, 0.6) is 0 Å². The van der Waals surface area contributed by atoms with Crippen molar-refractivity contribution in [3.63, 3.8) is 0 Å². The third-order valence-corrected chi connectivity index (χ3v) is 3.39. The molecule has 2 rings (SSSR count). The highest BCUT2D eigenvalue weighted by Crippen LogP contribution is 2.21. The number of esters is 1. The van der Waals surface area contributed by atoms with E-state index in [4.69, 9.17) is 33.7 Å². The van der Waals surface area contributed by atoms with Gasteiger partial charge in [0.15, 0.2) is 0 Å². The fourth-order valence-electron chi connectivity index (χ4n) is 1.71. The maximum Gasteiger partial charge on any atom is 0.310 e. The lowest BCUT2D eigenvalue weighted by Crippen LogP contribution is -2.09. The number of anilines is 1. The van der Waals surface area contributed by atoms with E-state index in [1.807, 2.05) is 12.1 Å². The van der Waals surface area contributed by atoms with E-state index in [1.165, 1.54) is 0 Å². The van der Waals surface area contributed by atoms with Crippen LogP contribution in [0.3, 0.4) is 0 Å². The van der Waals surface area contributed by atoms with E-state index < -0.39 is 0 Å². The molecule has 0 fully saturated rings. The fraction of sp³-hybridized carbons (Fsp3) is 0.133. The highest BCUT2D eigenvalue weighted by Gasteiger charge is 2.09. The van der Waals surface area contributed by atoms with E-state index in [-0.39, 0.29) is 19.0 Å². The number of ether oxygens (including phenoxy) is 1. The molecule has 0 unspecified atom stereocenters. The maximum atomic E-state index is 11.8. The van der Waals surface area contributed by atoms with Crippen LogP contribution in [0.25, 0.3) is 0 Å². The van der Waals surface area contributed by atoms with Gasteiger partial charge in [0, 0.05) is 21.3 Å². The minimum absolute atomic E-state index is 0.0883. The first kappa shape index (κ1) is 14.7. The largest absolute Gasteiger partial charge is 0.460 e. The van der Waals surface area contributed by atoms with Gasteiger partial charge in [-0.25, -0.2) is 0 Å². The molecule has 2 N–H and O–H groups in total. The molecule has 2 aromatic rings. The Labute approximate surface area is 127 Å². The molecule has 0 atom stereocenters. The van der Waals surface area contributed by atoms with Gasteiger partial charge in [-0.1, -0.05) is 41.4 Å². The molecule has 0 heterocycles. The van der Waals surface area contributed by atoms with Gasteiger partial charge in [-0.2, -0.15) is 0 Å². The molecule has 0 radical (unpaired) electrons. The van der Waals surface area contributed by atoms with Crippen LogP contribution in [0.15, 0.2) is 42.5 Å². The minimum atomic E-state index is -0.362. The second-order valence-electron chi connectivity index (χ2n) is 4.27. The molecule has 2 aromatic carbocycles. The summed E-state index contributed by atoms with van der Waals surface area (Å²) in [5, 5.41) is 1.06. The predicted molar refractivity (Wildman–Crippen MR) is 80.8 cm³/mol. The first-order chi connectivity index (χ1) is 9.56. The van der Waals surface area contributed by atoms with E-state index in [9.17, 15) is 4.79 Å². The van der Waals surface area contributed by atoms with Crippen LogP contribution >= 0.6 is 23.2 Å². The van der Waals surface area contributed by atoms with E-state index >= 15 is 0 Å². The average Bonchev–Trinajstić information content (AvgIpc) is 2.42. The quantitative estimate of drug-likeness (QED) is 0.689. The van der Waals surface area contributed by atoms with Crippen LogP contribution in [-0.4, -0.2) is 5.97 Å². The van der Waals surface area contributed by atoms with E-state index in [2.05, 4.69) is 0 Å². The van der Waals surface area contributed by atoms with Crippen molar-refractivity contribution in [3.8, 4) is 0 Å². The van der Waals surface area contributed by atoms with Crippen molar-refractivity contribution in [3.05, 3.63) is 63.6 Å². The summed E-state index contributed by atoms with van der Waals surface area (Å²) in [6, 6.07) is 12.2. The standard InChI is InChI=1S/C15H13Cl2NO2/c16-12-5-6-13(17)11(7-12)9-20-15(19)8-10-3-1-2-4-14(10)18/h1-7H,8-9,18H2. The van der Waals surface area contributed by atoms with Gasteiger partial charge in [-0.15, -0.1) is 0 Å². The summed E-state index contributed by atoms with van der Waals surface area (Å²) in [5.41, 5.74) is 7.77. The lowest BCUT2D eigenvalue weighted by atomic mass is 10.1. The number of benzene rings is 2. The lowest BCUT2D eigenvalue weighted by Gasteiger charge is -2.08. The van der Waals surface area contributed by atoms with Crippen LogP contribution < -0.4 is 5.73 Å². The third-order valence-electron chi connectivity index (χ3n) is 2.79. The summed E-state index contributed by atoms with van der Waals surface area (Å²) in [6.07, 6.45) is 0.130. The smallest absolute Gasteiger partial charge is 0.310 e. The van der Waals surface area contributed by atoms with Gasteiger partial charge in [0.25, 0.3) is 0 Å². The fourth-order valence-corrected chi connectivity index (χ4v) is 2.08. The van der Waals surface area contributed by atoms with Crippen LogP contribution in [0.2, 0.25) is 10.0 Å². The number of nitrogen functional groups attached to an aromatic ring is 1. The second kappa shape index (κ2) is 6.64. The second-order valence-corrected chi connectivity index (χ2v) is 5.12. The van der Waals surface area contributed by atoms with Crippen LogP contribution in [0.1, 0.15) is 11.1 Å². The molecule has 0 spiro atoms. The Kier molecular flexibility index (Phi) is 4.88. The Morgan fingerprint density at radius 1 is 1.10 bits per heavy atom. The van der Waals surface area contributed by atoms with Gasteiger partial charge in [-0.3, -0.25) is 4.79 Å². The number of para-hydroxylation sites is 1. The Balaban J connectivity index is 1.96. The van der Waals surface area contributed by atoms with Crippen molar-refractivity contribution in [1.29, 1.82) is 0 Å². The summed E-state index contributed by atoms with van der Waals surface area (Å²) in [6.45, 7) is 0.0883.